The summed E-state index contributed by atoms with van der Waals surface area (Å²) < 4.78 is 27.6. The third-order valence-electron chi connectivity index (χ3n) is 4.83. The average molecular weight is 377 g/mol. The Morgan fingerprint density at radius 1 is 1.37 bits per heavy atom. The number of aromatic nitrogens is 4. The van der Waals surface area contributed by atoms with Gasteiger partial charge < -0.3 is 15.5 Å². The normalized spacial score (nSPS) is 18.7. The number of carbonyl (C=O) groups excluding carboxylic acids is 1. The van der Waals surface area contributed by atoms with Gasteiger partial charge in [-0.05, 0) is 12.8 Å². The highest BCUT2D eigenvalue weighted by atomic mass is 19.3. The van der Waals surface area contributed by atoms with Gasteiger partial charge in [0.25, 0.3) is 0 Å². The molecule has 2 aromatic heterocycles. The van der Waals surface area contributed by atoms with Gasteiger partial charge in [0.15, 0.2) is 5.82 Å². The van der Waals surface area contributed by atoms with E-state index < -0.39 is 5.92 Å². The lowest BCUT2D eigenvalue weighted by atomic mass is 9.81. The summed E-state index contributed by atoms with van der Waals surface area (Å²) in [6.07, 6.45) is 3.43. The summed E-state index contributed by atoms with van der Waals surface area (Å²) >= 11 is 0. The van der Waals surface area contributed by atoms with Crippen molar-refractivity contribution in [3.63, 3.8) is 0 Å². The number of fused-ring (bicyclic) bond motifs is 1. The number of anilines is 3. The molecule has 0 aromatic carbocycles. The van der Waals surface area contributed by atoms with Gasteiger partial charge in [0.2, 0.25) is 17.8 Å². The molecule has 0 spiro atoms. The van der Waals surface area contributed by atoms with Crippen molar-refractivity contribution in [3.05, 3.63) is 23.7 Å². The Labute approximate surface area is 155 Å². The van der Waals surface area contributed by atoms with Crippen LogP contribution in [0.1, 0.15) is 24.1 Å². The maximum Gasteiger partial charge on any atom is 0.248 e. The lowest BCUT2D eigenvalue weighted by molar-refractivity contribution is -0.115. The number of halogens is 2. The molecule has 0 saturated heterocycles. The molecule has 0 radical (unpaired) electrons. The number of nitrogens with one attached hydrogen (secondary N) is 2. The largest absolute Gasteiger partial charge is 0.350 e. The second kappa shape index (κ2) is 6.43. The molecule has 0 bridgehead atoms. The Hall–Kier alpha value is -2.78. The maximum atomic E-state index is 12.9. The molecule has 2 N–H and O–H groups in total. The first-order chi connectivity index (χ1) is 12.8. The van der Waals surface area contributed by atoms with Crippen LogP contribution >= 0.6 is 0 Å². The van der Waals surface area contributed by atoms with Gasteiger partial charge in [-0.25, -0.2) is 13.8 Å². The maximum absolute atomic E-state index is 12.9. The van der Waals surface area contributed by atoms with Gasteiger partial charge in [-0.3, -0.25) is 9.48 Å². The monoisotopic (exact) mass is 377 g/mol. The van der Waals surface area contributed by atoms with Crippen molar-refractivity contribution in [2.24, 2.45) is 5.92 Å². The van der Waals surface area contributed by atoms with E-state index >= 15 is 0 Å². The Morgan fingerprint density at radius 3 is 2.89 bits per heavy atom. The van der Waals surface area contributed by atoms with Crippen LogP contribution < -0.4 is 15.5 Å². The zero-order chi connectivity index (χ0) is 19.2. The second-order valence-corrected chi connectivity index (χ2v) is 7.29. The molecular formula is C17H21F2N7O. The number of nitrogens with zero attached hydrogens (tertiary/aromatic N) is 5. The molecule has 1 saturated carbocycles. The van der Waals surface area contributed by atoms with Crippen LogP contribution in [0.2, 0.25) is 0 Å². The first-order valence-electron chi connectivity index (χ1n) is 8.82. The summed E-state index contributed by atoms with van der Waals surface area (Å²) in [6.45, 7) is 3.04. The number of carbonyl (C=O) groups is 1. The Balaban J connectivity index is 1.39. The molecule has 0 atom stereocenters. The number of alkyl halides is 2. The first-order valence-corrected chi connectivity index (χ1v) is 8.82. The van der Waals surface area contributed by atoms with Crippen molar-refractivity contribution in [2.75, 3.05) is 29.1 Å². The molecule has 27 heavy (non-hydrogen) atoms. The number of hydrogen-bond donors (Lipinski definition) is 2. The molecule has 1 amide bonds. The number of aryl methyl sites for hydroxylation is 1. The van der Waals surface area contributed by atoms with Gasteiger partial charge in [0.05, 0.1) is 18.4 Å². The topological polar surface area (TPSA) is 88.0 Å². The molecule has 144 valence electrons. The van der Waals surface area contributed by atoms with Crippen LogP contribution in [-0.2, 0) is 17.9 Å². The SMILES string of the molecule is Cc1nc(NCc2cnn(CC3CC(F)(F)C3)c2)nc2c1NC(=O)CN2C. The van der Waals surface area contributed by atoms with E-state index in [1.54, 1.807) is 15.8 Å². The van der Waals surface area contributed by atoms with Crippen molar-refractivity contribution in [3.8, 4) is 0 Å². The highest BCUT2D eigenvalue weighted by molar-refractivity contribution is 6.00. The summed E-state index contributed by atoms with van der Waals surface area (Å²) in [5.74, 6) is -1.48. The molecule has 2 aliphatic rings. The van der Waals surface area contributed by atoms with Crippen molar-refractivity contribution < 1.29 is 13.6 Å². The van der Waals surface area contributed by atoms with Crippen molar-refractivity contribution in [2.45, 2.75) is 38.8 Å². The van der Waals surface area contributed by atoms with E-state index in [2.05, 4.69) is 25.7 Å². The van der Waals surface area contributed by atoms with Crippen LogP contribution in [0.3, 0.4) is 0 Å². The zero-order valence-electron chi connectivity index (χ0n) is 15.2. The fourth-order valence-corrected chi connectivity index (χ4v) is 3.49. The van der Waals surface area contributed by atoms with Crippen LogP contribution in [-0.4, -0.2) is 45.2 Å². The molecule has 1 aliphatic heterocycles. The standard InChI is InChI=1S/C17H21F2N7O/c1-10-14-15(25(2)9-13(27)23-14)24-16(22-10)20-5-12-6-21-26(8-12)7-11-3-17(18,19)4-11/h6,8,11H,3-5,7,9H2,1-2H3,(H,23,27)(H,20,22,24). The third-order valence-corrected chi connectivity index (χ3v) is 4.83. The summed E-state index contributed by atoms with van der Waals surface area (Å²) in [4.78, 5) is 22.3. The lowest BCUT2D eigenvalue weighted by Crippen LogP contribution is -2.37. The van der Waals surface area contributed by atoms with Crippen molar-refractivity contribution >= 4 is 23.4 Å². The van der Waals surface area contributed by atoms with Gasteiger partial charge in [-0.1, -0.05) is 0 Å². The van der Waals surface area contributed by atoms with E-state index in [1.807, 2.05) is 20.2 Å². The molecule has 2 aromatic rings. The number of likely N-dealkylation sites (N-methyl/N-ethyl adjacent to an activating group) is 1. The quantitative estimate of drug-likeness (QED) is 0.829. The van der Waals surface area contributed by atoms with Crippen LogP contribution in [0.25, 0.3) is 0 Å². The number of amides is 1. The molecule has 4 rings (SSSR count). The molecule has 3 heterocycles. The summed E-state index contributed by atoms with van der Waals surface area (Å²) in [6, 6.07) is 0. The first kappa shape index (κ1) is 17.6. The third kappa shape index (κ3) is 3.69. The summed E-state index contributed by atoms with van der Waals surface area (Å²) in [5, 5.41) is 10.2. The van der Waals surface area contributed by atoms with E-state index in [4.69, 9.17) is 0 Å². The van der Waals surface area contributed by atoms with Crippen LogP contribution in [0.5, 0.6) is 0 Å². The second-order valence-electron chi connectivity index (χ2n) is 7.29. The average Bonchev–Trinajstić information content (AvgIpc) is 3.00. The van der Waals surface area contributed by atoms with Crippen LogP contribution in [0.4, 0.5) is 26.2 Å². The molecule has 0 unspecified atom stereocenters. The molecule has 10 heteroatoms. The van der Waals surface area contributed by atoms with Gasteiger partial charge in [0.1, 0.15) is 5.69 Å². The highest BCUT2D eigenvalue weighted by Gasteiger charge is 2.45. The number of hydrogen-bond acceptors (Lipinski definition) is 6. The highest BCUT2D eigenvalue weighted by Crippen LogP contribution is 2.43. The smallest absolute Gasteiger partial charge is 0.248 e. The minimum Gasteiger partial charge on any atom is -0.350 e. The van der Waals surface area contributed by atoms with Crippen LogP contribution in [0, 0.1) is 12.8 Å². The van der Waals surface area contributed by atoms with E-state index in [9.17, 15) is 13.6 Å². The summed E-state index contributed by atoms with van der Waals surface area (Å²) in [7, 11) is 1.81. The molecule has 1 aliphatic carbocycles. The molecule has 1 fully saturated rings. The molecular weight excluding hydrogens is 356 g/mol. The van der Waals surface area contributed by atoms with Gasteiger partial charge in [-0.2, -0.15) is 10.1 Å². The minimum atomic E-state index is -2.50. The minimum absolute atomic E-state index is 0.0157. The Kier molecular flexibility index (Phi) is 4.20. The van der Waals surface area contributed by atoms with Gasteiger partial charge in [0, 0.05) is 44.7 Å². The van der Waals surface area contributed by atoms with E-state index in [-0.39, 0.29) is 31.2 Å². The van der Waals surface area contributed by atoms with Gasteiger partial charge >= 0.3 is 0 Å². The van der Waals surface area contributed by atoms with E-state index in [1.165, 1.54) is 0 Å². The van der Waals surface area contributed by atoms with Crippen LogP contribution in [0.15, 0.2) is 12.4 Å². The summed E-state index contributed by atoms with van der Waals surface area (Å²) in [5.41, 5.74) is 2.23. The van der Waals surface area contributed by atoms with Crippen molar-refractivity contribution in [1.29, 1.82) is 0 Å². The predicted octanol–water partition coefficient (Wildman–Crippen LogP) is 2.03. The van der Waals surface area contributed by atoms with Crippen molar-refractivity contribution in [1.82, 2.24) is 19.7 Å². The zero-order valence-corrected chi connectivity index (χ0v) is 15.2. The van der Waals surface area contributed by atoms with Gasteiger partial charge in [-0.15, -0.1) is 0 Å². The van der Waals surface area contributed by atoms with E-state index in [0.717, 1.165) is 5.56 Å². The molecule has 8 nitrogen and oxygen atoms in total. The Morgan fingerprint density at radius 2 is 2.15 bits per heavy atom. The fourth-order valence-electron chi connectivity index (χ4n) is 3.49. The fraction of sp³-hybridized carbons (Fsp3) is 0.529. The van der Waals surface area contributed by atoms with E-state index in [0.29, 0.717) is 36.2 Å². The number of rotatable bonds is 5. The predicted molar refractivity (Wildman–Crippen MR) is 95.9 cm³/mol. The lowest BCUT2D eigenvalue weighted by Gasteiger charge is -2.34. The Bertz CT molecular complexity index is 874.